The molecule has 0 heterocycles. The molecule has 18 heavy (non-hydrogen) atoms. The molecule has 1 saturated carbocycles. The standard InChI is InChI=1S/C15H21BrO2/c1-11-5-3-6-12(10-16)15(11)18-14-8-4-7-13(9-14)17-2/h3,5-6,13-14H,4,7-10H2,1-2H3. The molecular formula is C15H21BrO2. The van der Waals surface area contributed by atoms with Crippen LogP contribution in [0.5, 0.6) is 5.75 Å². The van der Waals surface area contributed by atoms with Crippen LogP contribution in [0.1, 0.15) is 36.8 Å². The van der Waals surface area contributed by atoms with E-state index in [1.54, 1.807) is 7.11 Å². The van der Waals surface area contributed by atoms with Crippen molar-refractivity contribution in [2.75, 3.05) is 7.11 Å². The van der Waals surface area contributed by atoms with Gasteiger partial charge in [0.05, 0.1) is 6.10 Å². The lowest BCUT2D eigenvalue weighted by Gasteiger charge is -2.29. The Balaban J connectivity index is 2.09. The van der Waals surface area contributed by atoms with Crippen molar-refractivity contribution < 1.29 is 9.47 Å². The second kappa shape index (κ2) is 6.58. The predicted octanol–water partition coefficient (Wildman–Crippen LogP) is 4.23. The summed E-state index contributed by atoms with van der Waals surface area (Å²) in [5.41, 5.74) is 2.45. The Morgan fingerprint density at radius 1 is 1.28 bits per heavy atom. The molecule has 0 amide bonds. The first-order valence-electron chi connectivity index (χ1n) is 6.58. The molecule has 0 N–H and O–H groups in total. The van der Waals surface area contributed by atoms with Gasteiger partial charge < -0.3 is 9.47 Å². The maximum Gasteiger partial charge on any atom is 0.126 e. The molecule has 1 aromatic rings. The molecule has 2 nitrogen and oxygen atoms in total. The first kappa shape index (κ1) is 13.9. The van der Waals surface area contributed by atoms with E-state index in [2.05, 4.69) is 41.1 Å². The quantitative estimate of drug-likeness (QED) is 0.775. The van der Waals surface area contributed by atoms with Crippen LogP contribution in [0, 0.1) is 6.92 Å². The number of ether oxygens (including phenoxy) is 2. The van der Waals surface area contributed by atoms with Crippen LogP contribution in [0.2, 0.25) is 0 Å². The van der Waals surface area contributed by atoms with Crippen molar-refractivity contribution in [2.24, 2.45) is 0 Å². The number of hydrogen-bond acceptors (Lipinski definition) is 2. The van der Waals surface area contributed by atoms with Gasteiger partial charge in [-0.15, -0.1) is 0 Å². The van der Waals surface area contributed by atoms with Gasteiger partial charge in [-0.25, -0.2) is 0 Å². The SMILES string of the molecule is COC1CCCC(Oc2c(C)cccc2CBr)C1. The number of alkyl halides is 1. The second-order valence-corrected chi connectivity index (χ2v) is 5.52. The van der Waals surface area contributed by atoms with Gasteiger partial charge >= 0.3 is 0 Å². The van der Waals surface area contributed by atoms with Crippen molar-refractivity contribution in [3.8, 4) is 5.75 Å². The van der Waals surface area contributed by atoms with Crippen molar-refractivity contribution in [2.45, 2.75) is 50.1 Å². The van der Waals surface area contributed by atoms with Crippen LogP contribution in [-0.4, -0.2) is 19.3 Å². The fourth-order valence-electron chi connectivity index (χ4n) is 2.58. The first-order valence-corrected chi connectivity index (χ1v) is 7.70. The lowest BCUT2D eigenvalue weighted by Crippen LogP contribution is -2.29. The maximum absolute atomic E-state index is 6.23. The fraction of sp³-hybridized carbons (Fsp3) is 0.600. The summed E-state index contributed by atoms with van der Waals surface area (Å²) in [6, 6.07) is 6.31. The Morgan fingerprint density at radius 2 is 2.06 bits per heavy atom. The second-order valence-electron chi connectivity index (χ2n) is 4.96. The normalized spacial score (nSPS) is 23.9. The zero-order valence-corrected chi connectivity index (χ0v) is 12.7. The Morgan fingerprint density at radius 3 is 2.78 bits per heavy atom. The summed E-state index contributed by atoms with van der Waals surface area (Å²) in [5, 5.41) is 0.838. The molecule has 1 aliphatic rings. The smallest absolute Gasteiger partial charge is 0.126 e. The molecule has 0 radical (unpaired) electrons. The van der Waals surface area contributed by atoms with Crippen LogP contribution in [0.4, 0.5) is 0 Å². The van der Waals surface area contributed by atoms with E-state index >= 15 is 0 Å². The molecule has 0 bridgehead atoms. The molecule has 1 aromatic carbocycles. The molecule has 0 aromatic heterocycles. The highest BCUT2D eigenvalue weighted by molar-refractivity contribution is 9.08. The summed E-state index contributed by atoms with van der Waals surface area (Å²) < 4.78 is 11.7. The van der Waals surface area contributed by atoms with Crippen molar-refractivity contribution in [3.05, 3.63) is 29.3 Å². The van der Waals surface area contributed by atoms with Gasteiger partial charge in [-0.3, -0.25) is 0 Å². The van der Waals surface area contributed by atoms with E-state index in [-0.39, 0.29) is 0 Å². The van der Waals surface area contributed by atoms with E-state index in [0.29, 0.717) is 12.2 Å². The zero-order valence-electron chi connectivity index (χ0n) is 11.1. The van der Waals surface area contributed by atoms with Crippen LogP contribution < -0.4 is 4.74 Å². The minimum absolute atomic E-state index is 0.294. The summed E-state index contributed by atoms with van der Waals surface area (Å²) in [6.45, 7) is 2.11. The van der Waals surface area contributed by atoms with Crippen molar-refractivity contribution >= 4 is 15.9 Å². The minimum Gasteiger partial charge on any atom is -0.490 e. The molecule has 2 atom stereocenters. The van der Waals surface area contributed by atoms with Crippen LogP contribution >= 0.6 is 15.9 Å². The summed E-state index contributed by atoms with van der Waals surface area (Å²) >= 11 is 3.53. The number of aryl methyl sites for hydroxylation is 1. The van der Waals surface area contributed by atoms with Crippen molar-refractivity contribution in [3.63, 3.8) is 0 Å². The van der Waals surface area contributed by atoms with Gasteiger partial charge in [-0.1, -0.05) is 34.1 Å². The van der Waals surface area contributed by atoms with Gasteiger partial charge in [0.1, 0.15) is 11.9 Å². The first-order chi connectivity index (χ1) is 8.74. The summed E-state index contributed by atoms with van der Waals surface area (Å²) in [6.07, 6.45) is 5.15. The van der Waals surface area contributed by atoms with Gasteiger partial charge in [-0.2, -0.15) is 0 Å². The number of methoxy groups -OCH3 is 1. The minimum atomic E-state index is 0.294. The molecule has 0 aliphatic heterocycles. The Bertz CT molecular complexity index is 392. The third-order valence-corrected chi connectivity index (χ3v) is 4.24. The average Bonchev–Trinajstić information content (AvgIpc) is 2.41. The van der Waals surface area contributed by atoms with Gasteiger partial charge in [-0.05, 0) is 31.7 Å². The van der Waals surface area contributed by atoms with E-state index in [1.165, 1.54) is 17.5 Å². The van der Waals surface area contributed by atoms with Crippen LogP contribution in [0.25, 0.3) is 0 Å². The molecule has 0 saturated heterocycles. The van der Waals surface area contributed by atoms with Gasteiger partial charge in [0.25, 0.3) is 0 Å². The zero-order chi connectivity index (χ0) is 13.0. The van der Waals surface area contributed by atoms with Crippen molar-refractivity contribution in [1.29, 1.82) is 0 Å². The summed E-state index contributed by atoms with van der Waals surface area (Å²) in [5.74, 6) is 1.05. The van der Waals surface area contributed by atoms with E-state index < -0.39 is 0 Å². The van der Waals surface area contributed by atoms with Crippen LogP contribution in [0.3, 0.4) is 0 Å². The van der Waals surface area contributed by atoms with Crippen LogP contribution in [-0.2, 0) is 10.1 Å². The topological polar surface area (TPSA) is 18.5 Å². The van der Waals surface area contributed by atoms with Gasteiger partial charge in [0.2, 0.25) is 0 Å². The molecule has 3 heteroatoms. The number of halogens is 1. The Hall–Kier alpha value is -0.540. The Kier molecular flexibility index (Phi) is 5.07. The maximum atomic E-state index is 6.23. The number of para-hydroxylation sites is 1. The third-order valence-electron chi connectivity index (χ3n) is 3.63. The highest BCUT2D eigenvalue weighted by Gasteiger charge is 2.24. The average molecular weight is 313 g/mol. The third kappa shape index (κ3) is 3.27. The number of benzene rings is 1. The summed E-state index contributed by atoms with van der Waals surface area (Å²) in [4.78, 5) is 0. The molecular weight excluding hydrogens is 292 g/mol. The van der Waals surface area contributed by atoms with E-state index in [0.717, 1.165) is 30.3 Å². The fourth-order valence-corrected chi connectivity index (χ4v) is 3.02. The number of hydrogen-bond donors (Lipinski definition) is 0. The molecule has 100 valence electrons. The van der Waals surface area contributed by atoms with Crippen LogP contribution in [0.15, 0.2) is 18.2 Å². The molecule has 2 rings (SSSR count). The van der Waals surface area contributed by atoms with Gasteiger partial charge in [0.15, 0.2) is 0 Å². The van der Waals surface area contributed by atoms with E-state index in [1.807, 2.05) is 0 Å². The Labute approximate surface area is 118 Å². The summed E-state index contributed by atoms with van der Waals surface area (Å²) in [7, 11) is 1.80. The van der Waals surface area contributed by atoms with E-state index in [9.17, 15) is 0 Å². The highest BCUT2D eigenvalue weighted by Crippen LogP contribution is 2.30. The van der Waals surface area contributed by atoms with E-state index in [4.69, 9.17) is 9.47 Å². The molecule has 1 aliphatic carbocycles. The monoisotopic (exact) mass is 312 g/mol. The molecule has 2 unspecified atom stereocenters. The largest absolute Gasteiger partial charge is 0.490 e. The highest BCUT2D eigenvalue weighted by atomic mass is 79.9. The molecule has 1 fully saturated rings. The lowest BCUT2D eigenvalue weighted by molar-refractivity contribution is 0.0205. The van der Waals surface area contributed by atoms with Crippen molar-refractivity contribution in [1.82, 2.24) is 0 Å². The predicted molar refractivity (Wildman–Crippen MR) is 77.5 cm³/mol. The number of rotatable bonds is 4. The van der Waals surface area contributed by atoms with Gasteiger partial charge in [0, 0.05) is 24.4 Å². The molecule has 0 spiro atoms. The lowest BCUT2D eigenvalue weighted by atomic mass is 9.94.